The van der Waals surface area contributed by atoms with Gasteiger partial charge in [-0.15, -0.1) is 0 Å². The average molecular weight is 318 g/mol. The van der Waals surface area contributed by atoms with Crippen molar-refractivity contribution in [1.29, 1.82) is 0 Å². The Morgan fingerprint density at radius 3 is 2.26 bits per heavy atom. The van der Waals surface area contributed by atoms with E-state index in [2.05, 4.69) is 0 Å². The van der Waals surface area contributed by atoms with Gasteiger partial charge in [-0.25, -0.2) is 9.59 Å². The fourth-order valence-corrected chi connectivity index (χ4v) is 2.90. The Kier molecular flexibility index (Phi) is 3.98. The molecule has 0 unspecified atom stereocenters. The first-order chi connectivity index (χ1) is 11.1. The molecule has 3 rings (SSSR count). The molecule has 1 aromatic carbocycles. The summed E-state index contributed by atoms with van der Waals surface area (Å²) in [7, 11) is 3.04. The summed E-state index contributed by atoms with van der Waals surface area (Å²) in [6.07, 6.45) is 4.28. The average Bonchev–Trinajstić information content (AvgIpc) is 2.98. The number of benzene rings is 1. The molecule has 1 aromatic rings. The third kappa shape index (κ3) is 2.88. The van der Waals surface area contributed by atoms with Gasteiger partial charge in [-0.05, 0) is 37.1 Å². The zero-order chi connectivity index (χ0) is 16.4. The van der Waals surface area contributed by atoms with Gasteiger partial charge in [-0.2, -0.15) is 0 Å². The van der Waals surface area contributed by atoms with Crippen LogP contribution in [0.4, 0.5) is 0 Å². The lowest BCUT2D eigenvalue weighted by Crippen LogP contribution is -2.44. The summed E-state index contributed by atoms with van der Waals surface area (Å²) in [5, 5.41) is 0. The van der Waals surface area contributed by atoms with Crippen molar-refractivity contribution in [2.75, 3.05) is 14.2 Å². The molecule has 0 aromatic heterocycles. The number of ether oxygens (including phenoxy) is 4. The minimum Gasteiger partial charge on any atom is -0.497 e. The zero-order valence-corrected chi connectivity index (χ0v) is 13.1. The van der Waals surface area contributed by atoms with Crippen molar-refractivity contribution >= 4 is 18.0 Å². The van der Waals surface area contributed by atoms with E-state index in [9.17, 15) is 9.59 Å². The topological polar surface area (TPSA) is 71.1 Å². The molecule has 1 saturated heterocycles. The summed E-state index contributed by atoms with van der Waals surface area (Å²) < 4.78 is 21.2. The first-order valence-electron chi connectivity index (χ1n) is 7.47. The van der Waals surface area contributed by atoms with Crippen LogP contribution in [-0.4, -0.2) is 31.9 Å². The molecule has 1 aliphatic heterocycles. The molecule has 1 aliphatic carbocycles. The maximum atomic E-state index is 12.3. The predicted octanol–water partition coefficient (Wildman–Crippen LogP) is 2.46. The van der Waals surface area contributed by atoms with Crippen molar-refractivity contribution in [3.05, 3.63) is 29.3 Å². The van der Waals surface area contributed by atoms with Crippen molar-refractivity contribution in [2.45, 2.75) is 31.5 Å². The van der Waals surface area contributed by atoms with Crippen LogP contribution in [0.5, 0.6) is 11.5 Å². The van der Waals surface area contributed by atoms with Crippen LogP contribution in [0.3, 0.4) is 0 Å². The first kappa shape index (κ1) is 15.4. The molecule has 1 spiro atoms. The lowest BCUT2D eigenvalue weighted by molar-refractivity contribution is -0.232. The lowest BCUT2D eigenvalue weighted by atomic mass is 10.1. The van der Waals surface area contributed by atoms with Gasteiger partial charge in [0, 0.05) is 18.4 Å². The van der Waals surface area contributed by atoms with Crippen LogP contribution in [0, 0.1) is 0 Å². The van der Waals surface area contributed by atoms with Crippen molar-refractivity contribution in [1.82, 2.24) is 0 Å². The molecule has 6 nitrogen and oxygen atoms in total. The highest BCUT2D eigenvalue weighted by atomic mass is 16.7. The highest BCUT2D eigenvalue weighted by molar-refractivity contribution is 6.19. The molecule has 122 valence electrons. The maximum absolute atomic E-state index is 12.3. The quantitative estimate of drug-likeness (QED) is 0.484. The Balaban J connectivity index is 1.93. The molecule has 0 N–H and O–H groups in total. The molecule has 2 aliphatic rings. The molecule has 0 atom stereocenters. The van der Waals surface area contributed by atoms with Crippen LogP contribution in [-0.2, 0) is 19.1 Å². The van der Waals surface area contributed by atoms with E-state index >= 15 is 0 Å². The third-order valence-electron chi connectivity index (χ3n) is 4.10. The minimum absolute atomic E-state index is 0.144. The Bertz CT molecular complexity index is 648. The van der Waals surface area contributed by atoms with E-state index in [-0.39, 0.29) is 5.57 Å². The molecule has 1 saturated carbocycles. The number of rotatable bonds is 3. The smallest absolute Gasteiger partial charge is 0.348 e. The minimum atomic E-state index is -1.07. The molecule has 1 heterocycles. The van der Waals surface area contributed by atoms with Gasteiger partial charge in [0.15, 0.2) is 0 Å². The second kappa shape index (κ2) is 5.95. The molecular weight excluding hydrogens is 300 g/mol. The second-order valence-electron chi connectivity index (χ2n) is 5.56. The van der Waals surface area contributed by atoms with Crippen LogP contribution < -0.4 is 9.47 Å². The van der Waals surface area contributed by atoms with Crippen LogP contribution in [0.1, 0.15) is 31.2 Å². The maximum Gasteiger partial charge on any atom is 0.348 e. The molecule has 2 fully saturated rings. The summed E-state index contributed by atoms with van der Waals surface area (Å²) >= 11 is 0. The standard InChI is InChI=1S/C17H18O6/c1-20-12-5-6-14(21-2)11(9-12)10-13-15(18)22-17(23-16(13)19)7-3-4-8-17/h5-6,9-10H,3-4,7-8H2,1-2H3. The number of carbonyl (C=O) groups excluding carboxylic acids is 2. The normalized spacial score (nSPS) is 19.3. The largest absolute Gasteiger partial charge is 0.497 e. The van der Waals surface area contributed by atoms with Gasteiger partial charge in [-0.3, -0.25) is 0 Å². The molecule has 0 amide bonds. The second-order valence-corrected chi connectivity index (χ2v) is 5.56. The van der Waals surface area contributed by atoms with E-state index in [1.807, 2.05) is 0 Å². The summed E-state index contributed by atoms with van der Waals surface area (Å²) in [6, 6.07) is 5.10. The monoisotopic (exact) mass is 318 g/mol. The summed E-state index contributed by atoms with van der Waals surface area (Å²) in [4.78, 5) is 24.5. The van der Waals surface area contributed by atoms with Gasteiger partial charge in [-0.1, -0.05) is 0 Å². The summed E-state index contributed by atoms with van der Waals surface area (Å²) in [5.41, 5.74) is 0.396. The highest BCUT2D eigenvalue weighted by Crippen LogP contribution is 2.39. The molecule has 23 heavy (non-hydrogen) atoms. The zero-order valence-electron chi connectivity index (χ0n) is 13.1. The molecule has 0 radical (unpaired) electrons. The highest BCUT2D eigenvalue weighted by Gasteiger charge is 2.47. The Hall–Kier alpha value is -2.50. The molecular formula is C17H18O6. The predicted molar refractivity (Wildman–Crippen MR) is 80.9 cm³/mol. The fourth-order valence-electron chi connectivity index (χ4n) is 2.90. The van der Waals surface area contributed by atoms with E-state index in [0.717, 1.165) is 12.8 Å². The van der Waals surface area contributed by atoms with Gasteiger partial charge in [0.1, 0.15) is 17.1 Å². The lowest BCUT2D eigenvalue weighted by Gasteiger charge is -2.32. The molecule has 6 heteroatoms. The van der Waals surface area contributed by atoms with E-state index in [4.69, 9.17) is 18.9 Å². The van der Waals surface area contributed by atoms with E-state index in [1.54, 1.807) is 18.2 Å². The number of hydrogen-bond acceptors (Lipinski definition) is 6. The van der Waals surface area contributed by atoms with Crippen molar-refractivity contribution in [3.63, 3.8) is 0 Å². The number of methoxy groups -OCH3 is 2. The van der Waals surface area contributed by atoms with Crippen molar-refractivity contribution in [3.8, 4) is 11.5 Å². The number of esters is 2. The van der Waals surface area contributed by atoms with E-state index < -0.39 is 17.7 Å². The van der Waals surface area contributed by atoms with Gasteiger partial charge in [0.2, 0.25) is 0 Å². The van der Waals surface area contributed by atoms with Crippen LogP contribution in [0.25, 0.3) is 6.08 Å². The van der Waals surface area contributed by atoms with E-state index in [1.165, 1.54) is 20.3 Å². The Morgan fingerprint density at radius 1 is 1.04 bits per heavy atom. The SMILES string of the molecule is COc1ccc(OC)c(C=C2C(=O)OC3(CCCC3)OC2=O)c1. The third-order valence-corrected chi connectivity index (χ3v) is 4.10. The first-order valence-corrected chi connectivity index (χ1v) is 7.47. The van der Waals surface area contributed by atoms with Crippen molar-refractivity contribution in [2.24, 2.45) is 0 Å². The van der Waals surface area contributed by atoms with Gasteiger partial charge in [0.25, 0.3) is 5.79 Å². The summed E-state index contributed by atoms with van der Waals surface area (Å²) in [6.45, 7) is 0. The van der Waals surface area contributed by atoms with Crippen molar-refractivity contribution < 1.29 is 28.5 Å². The number of carbonyl (C=O) groups is 2. The fraction of sp³-hybridized carbons (Fsp3) is 0.412. The van der Waals surface area contributed by atoms with Crippen LogP contribution in [0.15, 0.2) is 23.8 Å². The Morgan fingerprint density at radius 2 is 1.70 bits per heavy atom. The number of hydrogen-bond donors (Lipinski definition) is 0. The summed E-state index contributed by atoms with van der Waals surface area (Å²) in [5.74, 6) is -1.28. The van der Waals surface area contributed by atoms with E-state index in [0.29, 0.717) is 29.9 Å². The Labute approximate surface area is 134 Å². The van der Waals surface area contributed by atoms with Gasteiger partial charge < -0.3 is 18.9 Å². The van der Waals surface area contributed by atoms with Crippen LogP contribution >= 0.6 is 0 Å². The van der Waals surface area contributed by atoms with Gasteiger partial charge in [0.05, 0.1) is 14.2 Å². The van der Waals surface area contributed by atoms with Crippen LogP contribution in [0.2, 0.25) is 0 Å². The molecule has 0 bridgehead atoms. The van der Waals surface area contributed by atoms with Gasteiger partial charge >= 0.3 is 11.9 Å².